The van der Waals surface area contributed by atoms with Crippen LogP contribution in [0.2, 0.25) is 0 Å². The van der Waals surface area contributed by atoms with Crippen LogP contribution in [0.25, 0.3) is 27.6 Å². The van der Waals surface area contributed by atoms with E-state index in [0.717, 1.165) is 11.1 Å². The summed E-state index contributed by atoms with van der Waals surface area (Å²) >= 11 is 0. The molecular formula is C21H19F2N5O2. The van der Waals surface area contributed by atoms with Gasteiger partial charge in [-0.3, -0.25) is 14.3 Å². The standard InChI is InChI=1S/C21H19F2N5O2/c1-9-6-7-12(30-3)10(2)17(9)28-18-13(14(20(28)24)21(25)29)16(19(22)23)27-11-5-4-8-26-15(11)18/h4-8,19H,24H2,1-3H3,(H2,25,29). The molecule has 1 amide bonds. The lowest BCUT2D eigenvalue weighted by molar-refractivity contribution is 0.100. The van der Waals surface area contributed by atoms with Gasteiger partial charge in [-0.05, 0) is 37.6 Å². The van der Waals surface area contributed by atoms with Gasteiger partial charge in [0.2, 0.25) is 0 Å². The van der Waals surface area contributed by atoms with Crippen LogP contribution in [0.4, 0.5) is 14.6 Å². The first-order valence-corrected chi connectivity index (χ1v) is 9.08. The zero-order chi connectivity index (χ0) is 21.7. The lowest BCUT2D eigenvalue weighted by Gasteiger charge is -2.17. The topological polar surface area (TPSA) is 109 Å². The van der Waals surface area contributed by atoms with Crippen molar-refractivity contribution in [2.75, 3.05) is 12.8 Å². The van der Waals surface area contributed by atoms with E-state index in [1.165, 1.54) is 13.3 Å². The van der Waals surface area contributed by atoms with E-state index in [-0.39, 0.29) is 27.8 Å². The summed E-state index contributed by atoms with van der Waals surface area (Å²) in [6, 6.07) is 6.80. The third kappa shape index (κ3) is 2.66. The summed E-state index contributed by atoms with van der Waals surface area (Å²) in [5.41, 5.74) is 14.1. The highest BCUT2D eigenvalue weighted by atomic mass is 19.3. The van der Waals surface area contributed by atoms with Crippen LogP contribution in [0.3, 0.4) is 0 Å². The largest absolute Gasteiger partial charge is 0.496 e. The number of carbonyl (C=O) groups is 1. The van der Waals surface area contributed by atoms with Crippen molar-refractivity contribution >= 4 is 33.7 Å². The molecule has 0 fully saturated rings. The van der Waals surface area contributed by atoms with Gasteiger partial charge in [-0.25, -0.2) is 13.8 Å². The Bertz CT molecular complexity index is 1330. The van der Waals surface area contributed by atoms with Crippen molar-refractivity contribution in [3.8, 4) is 11.4 Å². The van der Waals surface area contributed by atoms with Crippen molar-refractivity contribution in [1.82, 2.24) is 14.5 Å². The fourth-order valence-corrected chi connectivity index (χ4v) is 3.94. The number of amides is 1. The van der Waals surface area contributed by atoms with Crippen LogP contribution < -0.4 is 16.2 Å². The first-order valence-electron chi connectivity index (χ1n) is 9.08. The first kappa shape index (κ1) is 19.6. The minimum absolute atomic E-state index is 0.0567. The van der Waals surface area contributed by atoms with Gasteiger partial charge < -0.3 is 16.2 Å². The number of hydrogen-bond donors (Lipinski definition) is 2. The van der Waals surface area contributed by atoms with Crippen LogP contribution >= 0.6 is 0 Å². The zero-order valence-electron chi connectivity index (χ0n) is 16.5. The highest BCUT2D eigenvalue weighted by Crippen LogP contribution is 2.41. The Labute approximate surface area is 170 Å². The first-order chi connectivity index (χ1) is 14.3. The molecule has 30 heavy (non-hydrogen) atoms. The number of methoxy groups -OCH3 is 1. The Morgan fingerprint density at radius 1 is 1.23 bits per heavy atom. The second-order valence-corrected chi connectivity index (χ2v) is 6.91. The molecule has 0 radical (unpaired) electrons. The van der Waals surface area contributed by atoms with Gasteiger partial charge in [0.25, 0.3) is 12.3 Å². The van der Waals surface area contributed by atoms with Crippen molar-refractivity contribution < 1.29 is 18.3 Å². The van der Waals surface area contributed by atoms with Crippen LogP contribution in [0.1, 0.15) is 33.6 Å². The number of fused-ring (bicyclic) bond motifs is 3. The van der Waals surface area contributed by atoms with Gasteiger partial charge in [-0.1, -0.05) is 6.07 Å². The van der Waals surface area contributed by atoms with Crippen LogP contribution in [-0.4, -0.2) is 27.6 Å². The second-order valence-electron chi connectivity index (χ2n) is 6.91. The maximum Gasteiger partial charge on any atom is 0.281 e. The Morgan fingerprint density at radius 3 is 2.60 bits per heavy atom. The Balaban J connectivity index is 2.34. The number of nitrogen functional groups attached to an aromatic ring is 1. The fraction of sp³-hybridized carbons (Fsp3) is 0.190. The number of aromatic nitrogens is 3. The third-order valence-electron chi connectivity index (χ3n) is 5.19. The summed E-state index contributed by atoms with van der Waals surface area (Å²) in [4.78, 5) is 20.7. The molecule has 0 unspecified atom stereocenters. The molecule has 0 atom stereocenters. The molecule has 4 rings (SSSR count). The summed E-state index contributed by atoms with van der Waals surface area (Å²) in [6.45, 7) is 3.67. The quantitative estimate of drug-likeness (QED) is 0.531. The summed E-state index contributed by atoms with van der Waals surface area (Å²) < 4.78 is 34.9. The molecular weight excluding hydrogens is 392 g/mol. The SMILES string of the molecule is COc1ccc(C)c(-n2c(N)c(C(N)=O)c3c(C(F)F)nc4cccnc4c32)c1C. The highest BCUT2D eigenvalue weighted by molar-refractivity contribution is 6.17. The molecule has 9 heteroatoms. The number of benzene rings is 1. The molecule has 0 saturated heterocycles. The lowest BCUT2D eigenvalue weighted by Crippen LogP contribution is -2.14. The Hall–Kier alpha value is -3.75. The molecule has 3 aromatic heterocycles. The molecule has 0 spiro atoms. The van der Waals surface area contributed by atoms with Gasteiger partial charge in [0.05, 0.1) is 29.4 Å². The van der Waals surface area contributed by atoms with E-state index in [9.17, 15) is 13.6 Å². The van der Waals surface area contributed by atoms with Crippen molar-refractivity contribution in [2.45, 2.75) is 20.3 Å². The number of nitrogens with zero attached hydrogens (tertiary/aromatic N) is 3. The minimum atomic E-state index is -2.95. The molecule has 1 aromatic carbocycles. The molecule has 4 N–H and O–H groups in total. The number of halogens is 2. The van der Waals surface area contributed by atoms with E-state index in [4.69, 9.17) is 16.2 Å². The number of primary amides is 1. The number of nitrogens with two attached hydrogens (primary N) is 2. The molecule has 0 bridgehead atoms. The van der Waals surface area contributed by atoms with Crippen molar-refractivity contribution in [3.63, 3.8) is 0 Å². The van der Waals surface area contributed by atoms with Crippen molar-refractivity contribution in [2.24, 2.45) is 5.73 Å². The third-order valence-corrected chi connectivity index (χ3v) is 5.19. The number of alkyl halides is 2. The number of ether oxygens (including phenoxy) is 1. The predicted octanol–water partition coefficient (Wildman–Crippen LogP) is 3.82. The molecule has 0 aliphatic carbocycles. The molecule has 4 aromatic rings. The van der Waals surface area contributed by atoms with Gasteiger partial charge in [-0.15, -0.1) is 0 Å². The maximum atomic E-state index is 14.0. The van der Waals surface area contributed by atoms with Gasteiger partial charge in [0.15, 0.2) is 0 Å². The number of carbonyl (C=O) groups excluding carboxylic acids is 1. The normalized spacial score (nSPS) is 11.5. The molecule has 0 aliphatic rings. The van der Waals surface area contributed by atoms with Gasteiger partial charge in [0.1, 0.15) is 22.8 Å². The fourth-order valence-electron chi connectivity index (χ4n) is 3.94. The summed E-state index contributed by atoms with van der Waals surface area (Å²) in [6.07, 6.45) is -1.42. The predicted molar refractivity (Wildman–Crippen MR) is 110 cm³/mol. The second kappa shape index (κ2) is 6.94. The minimum Gasteiger partial charge on any atom is -0.496 e. The smallest absolute Gasteiger partial charge is 0.281 e. The number of pyridine rings is 2. The highest BCUT2D eigenvalue weighted by Gasteiger charge is 2.30. The summed E-state index contributed by atoms with van der Waals surface area (Å²) in [5.74, 6) is -0.398. The molecule has 7 nitrogen and oxygen atoms in total. The average molecular weight is 411 g/mol. The monoisotopic (exact) mass is 411 g/mol. The van der Waals surface area contributed by atoms with Crippen molar-refractivity contribution in [3.05, 3.63) is 52.8 Å². The molecule has 0 aliphatic heterocycles. The van der Waals surface area contributed by atoms with Crippen LogP contribution in [0, 0.1) is 13.8 Å². The van der Waals surface area contributed by atoms with E-state index >= 15 is 0 Å². The number of rotatable bonds is 4. The van der Waals surface area contributed by atoms with Crippen LogP contribution in [0.5, 0.6) is 5.75 Å². The number of aryl methyl sites for hydroxylation is 1. The van der Waals surface area contributed by atoms with E-state index in [2.05, 4.69) is 9.97 Å². The summed E-state index contributed by atoms with van der Waals surface area (Å²) in [7, 11) is 1.53. The Morgan fingerprint density at radius 2 is 1.97 bits per heavy atom. The van der Waals surface area contributed by atoms with E-state index in [1.807, 2.05) is 19.9 Å². The molecule has 0 saturated carbocycles. The van der Waals surface area contributed by atoms with Crippen LogP contribution in [-0.2, 0) is 0 Å². The Kier molecular flexibility index (Phi) is 4.53. The summed E-state index contributed by atoms with van der Waals surface area (Å²) in [5, 5.41) is -0.0946. The van der Waals surface area contributed by atoms with Gasteiger partial charge >= 0.3 is 0 Å². The van der Waals surface area contributed by atoms with Gasteiger partial charge in [0, 0.05) is 17.1 Å². The molecule has 3 heterocycles. The zero-order valence-corrected chi connectivity index (χ0v) is 16.5. The van der Waals surface area contributed by atoms with Crippen molar-refractivity contribution in [1.29, 1.82) is 0 Å². The maximum absolute atomic E-state index is 14.0. The van der Waals surface area contributed by atoms with E-state index in [0.29, 0.717) is 17.0 Å². The number of hydrogen-bond acceptors (Lipinski definition) is 5. The lowest BCUT2D eigenvalue weighted by atomic mass is 10.1. The number of anilines is 1. The van der Waals surface area contributed by atoms with E-state index < -0.39 is 18.0 Å². The molecule has 154 valence electrons. The van der Waals surface area contributed by atoms with Crippen LogP contribution in [0.15, 0.2) is 30.5 Å². The van der Waals surface area contributed by atoms with Gasteiger partial charge in [-0.2, -0.15) is 0 Å². The average Bonchev–Trinajstić information content (AvgIpc) is 3.00. The van der Waals surface area contributed by atoms with E-state index in [1.54, 1.807) is 22.8 Å².